The molecule has 2 aromatic rings. The first kappa shape index (κ1) is 12.8. The average Bonchev–Trinajstić information content (AvgIpc) is 2.38. The molecule has 0 amide bonds. The van der Waals surface area contributed by atoms with Gasteiger partial charge < -0.3 is 10.6 Å². The van der Waals surface area contributed by atoms with Crippen LogP contribution in [0.1, 0.15) is 5.56 Å². The van der Waals surface area contributed by atoms with Gasteiger partial charge in [-0.1, -0.05) is 36.0 Å². The Kier molecular flexibility index (Phi) is 3.79. The normalized spacial score (nSPS) is 10.1. The molecule has 0 bridgehead atoms. The third kappa shape index (κ3) is 2.60. The van der Waals surface area contributed by atoms with E-state index in [-0.39, 0.29) is 0 Å². The third-order valence-corrected chi connectivity index (χ3v) is 3.16. The second-order valence-electron chi connectivity index (χ2n) is 3.80. The summed E-state index contributed by atoms with van der Waals surface area (Å²) in [6.45, 7) is 0. The van der Waals surface area contributed by atoms with Gasteiger partial charge in [-0.3, -0.25) is 4.98 Å². The van der Waals surface area contributed by atoms with Crippen LogP contribution >= 0.6 is 23.8 Å². The Labute approximate surface area is 116 Å². The number of rotatable bonds is 3. The number of thiocarbonyl (C=S) groups is 1. The summed E-state index contributed by atoms with van der Waals surface area (Å²) in [4.78, 5) is 6.31. The van der Waals surface area contributed by atoms with Crippen LogP contribution in [0.3, 0.4) is 0 Å². The molecule has 3 nitrogen and oxygen atoms in total. The molecule has 0 aliphatic rings. The van der Waals surface area contributed by atoms with Gasteiger partial charge in [-0.2, -0.15) is 0 Å². The number of benzene rings is 1. The maximum Gasteiger partial charge on any atom is 0.104 e. The maximum absolute atomic E-state index is 6.12. The molecule has 0 saturated carbocycles. The van der Waals surface area contributed by atoms with Crippen LogP contribution in [-0.4, -0.2) is 17.0 Å². The lowest BCUT2D eigenvalue weighted by molar-refractivity contribution is 1.19. The molecule has 0 fully saturated rings. The molecule has 0 aliphatic heterocycles. The van der Waals surface area contributed by atoms with Crippen molar-refractivity contribution in [2.24, 2.45) is 5.73 Å². The molecule has 0 atom stereocenters. The van der Waals surface area contributed by atoms with E-state index in [0.717, 1.165) is 16.9 Å². The van der Waals surface area contributed by atoms with E-state index in [1.807, 2.05) is 42.3 Å². The molecule has 2 N–H and O–H groups in total. The monoisotopic (exact) mass is 277 g/mol. The zero-order chi connectivity index (χ0) is 13.1. The molecule has 18 heavy (non-hydrogen) atoms. The number of anilines is 2. The third-order valence-electron chi connectivity index (χ3n) is 2.63. The van der Waals surface area contributed by atoms with Gasteiger partial charge in [-0.15, -0.1) is 0 Å². The van der Waals surface area contributed by atoms with Crippen molar-refractivity contribution in [3.8, 4) is 0 Å². The Hall–Kier alpha value is -1.65. The second-order valence-corrected chi connectivity index (χ2v) is 4.65. The molecule has 0 radical (unpaired) electrons. The van der Waals surface area contributed by atoms with E-state index >= 15 is 0 Å². The van der Waals surface area contributed by atoms with Crippen molar-refractivity contribution in [1.82, 2.24) is 4.98 Å². The lowest BCUT2D eigenvalue weighted by atomic mass is 10.2. The minimum atomic E-state index is 0.381. The lowest BCUT2D eigenvalue weighted by Crippen LogP contribution is -2.13. The van der Waals surface area contributed by atoms with E-state index in [2.05, 4.69) is 4.98 Å². The topological polar surface area (TPSA) is 42.1 Å². The van der Waals surface area contributed by atoms with Crippen LogP contribution in [0.15, 0.2) is 42.7 Å². The predicted molar refractivity (Wildman–Crippen MR) is 79.6 cm³/mol. The first-order chi connectivity index (χ1) is 8.59. The first-order valence-electron chi connectivity index (χ1n) is 5.32. The Morgan fingerprint density at radius 1 is 1.39 bits per heavy atom. The van der Waals surface area contributed by atoms with E-state index < -0.39 is 0 Å². The molecule has 0 saturated heterocycles. The minimum absolute atomic E-state index is 0.381. The van der Waals surface area contributed by atoms with Crippen LogP contribution in [0, 0.1) is 0 Å². The fourth-order valence-electron chi connectivity index (χ4n) is 1.65. The quantitative estimate of drug-likeness (QED) is 0.875. The smallest absolute Gasteiger partial charge is 0.104 e. The van der Waals surface area contributed by atoms with Crippen molar-refractivity contribution in [3.05, 3.63) is 53.3 Å². The van der Waals surface area contributed by atoms with Gasteiger partial charge in [-0.05, 0) is 18.2 Å². The van der Waals surface area contributed by atoms with Crippen LogP contribution in [0.5, 0.6) is 0 Å². The van der Waals surface area contributed by atoms with Crippen LogP contribution in [0.4, 0.5) is 11.4 Å². The summed E-state index contributed by atoms with van der Waals surface area (Å²) < 4.78 is 0. The highest BCUT2D eigenvalue weighted by Crippen LogP contribution is 2.29. The summed E-state index contributed by atoms with van der Waals surface area (Å²) in [5.41, 5.74) is 8.31. The van der Waals surface area contributed by atoms with Crippen molar-refractivity contribution >= 4 is 40.2 Å². The van der Waals surface area contributed by atoms with E-state index in [9.17, 15) is 0 Å². The van der Waals surface area contributed by atoms with Crippen LogP contribution in [0.25, 0.3) is 0 Å². The standard InChI is InChI=1S/C13H12ClN3S/c1-17(12-5-6-16-8-11(12)14)10-4-2-3-9(7-10)13(15)18/h2-8H,1H3,(H2,15,18). The van der Waals surface area contributed by atoms with E-state index in [1.54, 1.807) is 12.4 Å². The van der Waals surface area contributed by atoms with Crippen LogP contribution in [-0.2, 0) is 0 Å². The highest BCUT2D eigenvalue weighted by atomic mass is 35.5. The first-order valence-corrected chi connectivity index (χ1v) is 6.11. The minimum Gasteiger partial charge on any atom is -0.389 e. The predicted octanol–water partition coefficient (Wildman–Crippen LogP) is 3.14. The van der Waals surface area contributed by atoms with E-state index in [4.69, 9.17) is 29.6 Å². The molecular weight excluding hydrogens is 266 g/mol. The van der Waals surface area contributed by atoms with Crippen LogP contribution in [0.2, 0.25) is 5.02 Å². The number of hydrogen-bond acceptors (Lipinski definition) is 3. The number of nitrogens with zero attached hydrogens (tertiary/aromatic N) is 2. The van der Waals surface area contributed by atoms with Gasteiger partial charge in [0.05, 0.1) is 10.7 Å². The summed E-state index contributed by atoms with van der Waals surface area (Å²) >= 11 is 11.1. The molecule has 0 aliphatic carbocycles. The van der Waals surface area contributed by atoms with E-state index in [1.165, 1.54) is 0 Å². The molecule has 92 valence electrons. The molecule has 1 heterocycles. The SMILES string of the molecule is CN(c1cccc(C(N)=S)c1)c1ccncc1Cl. The zero-order valence-corrected chi connectivity index (χ0v) is 11.4. The Morgan fingerprint density at radius 2 is 2.17 bits per heavy atom. The number of aromatic nitrogens is 1. The molecule has 0 unspecified atom stereocenters. The van der Waals surface area contributed by atoms with Gasteiger partial charge in [0, 0.05) is 30.7 Å². The number of pyridine rings is 1. The zero-order valence-electron chi connectivity index (χ0n) is 9.80. The van der Waals surface area contributed by atoms with Gasteiger partial charge in [0.2, 0.25) is 0 Å². The van der Waals surface area contributed by atoms with Crippen LogP contribution < -0.4 is 10.6 Å². The molecule has 1 aromatic heterocycles. The highest BCUT2D eigenvalue weighted by Gasteiger charge is 2.08. The fourth-order valence-corrected chi connectivity index (χ4v) is 2.02. The molecule has 5 heteroatoms. The van der Waals surface area contributed by atoms with Gasteiger partial charge in [0.25, 0.3) is 0 Å². The largest absolute Gasteiger partial charge is 0.389 e. The second kappa shape index (κ2) is 5.33. The molecule has 0 spiro atoms. The van der Waals surface area contributed by atoms with Crippen molar-refractivity contribution in [2.45, 2.75) is 0 Å². The summed E-state index contributed by atoms with van der Waals surface area (Å²) in [6, 6.07) is 9.55. The lowest BCUT2D eigenvalue weighted by Gasteiger charge is -2.21. The van der Waals surface area contributed by atoms with Crippen molar-refractivity contribution < 1.29 is 0 Å². The van der Waals surface area contributed by atoms with Gasteiger partial charge in [-0.25, -0.2) is 0 Å². The Morgan fingerprint density at radius 3 is 2.83 bits per heavy atom. The Bertz CT molecular complexity index is 586. The van der Waals surface area contributed by atoms with Crippen molar-refractivity contribution in [2.75, 3.05) is 11.9 Å². The van der Waals surface area contributed by atoms with Gasteiger partial charge >= 0.3 is 0 Å². The van der Waals surface area contributed by atoms with Gasteiger partial charge in [0.1, 0.15) is 4.99 Å². The van der Waals surface area contributed by atoms with E-state index in [0.29, 0.717) is 10.0 Å². The summed E-state index contributed by atoms with van der Waals surface area (Å²) in [7, 11) is 1.93. The van der Waals surface area contributed by atoms with Gasteiger partial charge in [0.15, 0.2) is 0 Å². The summed E-state index contributed by atoms with van der Waals surface area (Å²) in [6.07, 6.45) is 3.32. The molecular formula is C13H12ClN3S. The van der Waals surface area contributed by atoms with Crippen molar-refractivity contribution in [3.63, 3.8) is 0 Å². The fraction of sp³-hybridized carbons (Fsp3) is 0.0769. The highest BCUT2D eigenvalue weighted by molar-refractivity contribution is 7.80. The number of nitrogens with two attached hydrogens (primary N) is 1. The number of hydrogen-bond donors (Lipinski definition) is 1. The average molecular weight is 278 g/mol. The maximum atomic E-state index is 6.12. The molecule has 1 aromatic carbocycles. The molecule has 2 rings (SSSR count). The summed E-state index contributed by atoms with van der Waals surface area (Å²) in [5, 5.41) is 0.598. The summed E-state index contributed by atoms with van der Waals surface area (Å²) in [5.74, 6) is 0. The number of halogens is 1. The Balaban J connectivity index is 2.40. The van der Waals surface area contributed by atoms with Crippen molar-refractivity contribution in [1.29, 1.82) is 0 Å².